The number of carbonyl (C=O) groups excluding carboxylic acids is 1. The first-order chi connectivity index (χ1) is 11.1. The summed E-state index contributed by atoms with van der Waals surface area (Å²) in [6.07, 6.45) is 1.48. The number of fused-ring (bicyclic) bond motifs is 1. The van der Waals surface area contributed by atoms with Gasteiger partial charge in [0.2, 0.25) is 0 Å². The Balaban J connectivity index is 2.75. The lowest BCUT2D eigenvalue weighted by molar-refractivity contribution is -0.142. The SMILES string of the molecule is CCCC(C(=O)OC)c1c(C)nc2c(Br)c(C(C)(C)C)nn2c1Cl. The second kappa shape index (κ2) is 7.00. The van der Waals surface area contributed by atoms with Gasteiger partial charge in [0.25, 0.3) is 0 Å². The molecule has 0 aliphatic carbocycles. The summed E-state index contributed by atoms with van der Waals surface area (Å²) in [4.78, 5) is 16.9. The maximum absolute atomic E-state index is 12.2. The van der Waals surface area contributed by atoms with Crippen LogP contribution in [0.15, 0.2) is 4.47 Å². The minimum absolute atomic E-state index is 0.158. The molecule has 0 aliphatic heterocycles. The summed E-state index contributed by atoms with van der Waals surface area (Å²) in [6, 6.07) is 0. The summed E-state index contributed by atoms with van der Waals surface area (Å²) in [7, 11) is 1.39. The molecular weight excluding hydrogens is 394 g/mol. The summed E-state index contributed by atoms with van der Waals surface area (Å²) in [5, 5.41) is 5.05. The van der Waals surface area contributed by atoms with Crippen molar-refractivity contribution in [2.24, 2.45) is 0 Å². The quantitative estimate of drug-likeness (QED) is 0.530. The first-order valence-electron chi connectivity index (χ1n) is 7.96. The summed E-state index contributed by atoms with van der Waals surface area (Å²) >= 11 is 10.2. The van der Waals surface area contributed by atoms with Gasteiger partial charge in [-0.1, -0.05) is 45.7 Å². The zero-order chi connectivity index (χ0) is 18.2. The van der Waals surface area contributed by atoms with E-state index in [2.05, 4.69) is 46.8 Å². The van der Waals surface area contributed by atoms with Crippen LogP contribution in [-0.2, 0) is 14.9 Å². The van der Waals surface area contributed by atoms with Crippen LogP contribution in [-0.4, -0.2) is 27.7 Å². The molecule has 0 spiro atoms. The number of aryl methyl sites for hydroxylation is 1. The van der Waals surface area contributed by atoms with E-state index in [-0.39, 0.29) is 11.4 Å². The lowest BCUT2D eigenvalue weighted by Gasteiger charge is -2.18. The van der Waals surface area contributed by atoms with Crippen molar-refractivity contribution in [1.29, 1.82) is 0 Å². The lowest BCUT2D eigenvalue weighted by Crippen LogP contribution is -2.18. The van der Waals surface area contributed by atoms with Crippen LogP contribution < -0.4 is 0 Å². The minimum Gasteiger partial charge on any atom is -0.469 e. The molecule has 0 N–H and O–H groups in total. The van der Waals surface area contributed by atoms with E-state index in [0.29, 0.717) is 22.8 Å². The van der Waals surface area contributed by atoms with Crippen LogP contribution in [0.5, 0.6) is 0 Å². The van der Waals surface area contributed by atoms with Crippen LogP contribution in [0.3, 0.4) is 0 Å². The summed E-state index contributed by atoms with van der Waals surface area (Å²) in [6.45, 7) is 10.1. The van der Waals surface area contributed by atoms with Gasteiger partial charge in [-0.15, -0.1) is 0 Å². The highest BCUT2D eigenvalue weighted by atomic mass is 79.9. The van der Waals surface area contributed by atoms with Crippen molar-refractivity contribution in [2.75, 3.05) is 7.11 Å². The van der Waals surface area contributed by atoms with E-state index in [1.54, 1.807) is 4.52 Å². The van der Waals surface area contributed by atoms with Gasteiger partial charge in [-0.2, -0.15) is 5.10 Å². The molecular formula is C17H23BrClN3O2. The Hall–Kier alpha value is -1.14. The van der Waals surface area contributed by atoms with E-state index < -0.39 is 5.92 Å². The maximum Gasteiger partial charge on any atom is 0.313 e. The molecule has 5 nitrogen and oxygen atoms in total. The fraction of sp³-hybridized carbons (Fsp3) is 0.588. The zero-order valence-electron chi connectivity index (χ0n) is 14.9. The summed E-state index contributed by atoms with van der Waals surface area (Å²) in [5.74, 6) is -0.740. The molecule has 2 aromatic heterocycles. The van der Waals surface area contributed by atoms with Crippen molar-refractivity contribution >= 4 is 39.1 Å². The molecule has 0 bridgehead atoms. The highest BCUT2D eigenvalue weighted by molar-refractivity contribution is 9.10. The molecule has 0 saturated heterocycles. The standard InChI is InChI=1S/C17H23BrClN3O2/c1-7-8-10(16(23)24-6)11-9(2)20-15-12(18)13(17(3,4)5)21-22(15)14(11)19/h10H,7-8H2,1-6H3. The van der Waals surface area contributed by atoms with Crippen LogP contribution >= 0.6 is 27.5 Å². The van der Waals surface area contributed by atoms with E-state index in [0.717, 1.165) is 22.3 Å². The van der Waals surface area contributed by atoms with Gasteiger partial charge in [0.1, 0.15) is 5.15 Å². The van der Waals surface area contributed by atoms with Gasteiger partial charge in [-0.05, 0) is 29.3 Å². The normalized spacial score (nSPS) is 13.3. The number of esters is 1. The van der Waals surface area contributed by atoms with Crippen molar-refractivity contribution < 1.29 is 9.53 Å². The Morgan fingerprint density at radius 2 is 2.04 bits per heavy atom. The van der Waals surface area contributed by atoms with Gasteiger partial charge >= 0.3 is 5.97 Å². The second-order valence-corrected chi connectivity index (χ2v) is 8.07. The number of carbonyl (C=O) groups is 1. The average Bonchev–Trinajstić information content (AvgIpc) is 2.83. The molecule has 2 rings (SSSR count). The molecule has 0 aliphatic rings. The third kappa shape index (κ3) is 3.31. The molecule has 1 unspecified atom stereocenters. The van der Waals surface area contributed by atoms with Crippen molar-refractivity contribution in [3.63, 3.8) is 0 Å². The number of ether oxygens (including phenoxy) is 1. The molecule has 0 amide bonds. The van der Waals surface area contributed by atoms with Gasteiger partial charge in [-0.25, -0.2) is 9.50 Å². The number of hydrogen-bond acceptors (Lipinski definition) is 4. The zero-order valence-corrected chi connectivity index (χ0v) is 17.2. The molecule has 2 aromatic rings. The number of methoxy groups -OCH3 is 1. The summed E-state index contributed by atoms with van der Waals surface area (Å²) in [5.41, 5.74) is 2.78. The number of aromatic nitrogens is 3. The molecule has 0 saturated carbocycles. The molecule has 0 radical (unpaired) electrons. The van der Waals surface area contributed by atoms with E-state index in [9.17, 15) is 4.79 Å². The van der Waals surface area contributed by atoms with Crippen LogP contribution in [0, 0.1) is 6.92 Å². The third-order valence-electron chi connectivity index (χ3n) is 4.00. The van der Waals surface area contributed by atoms with Gasteiger partial charge in [-0.3, -0.25) is 4.79 Å². The van der Waals surface area contributed by atoms with Gasteiger partial charge < -0.3 is 4.74 Å². The first kappa shape index (κ1) is 19.2. The second-order valence-electron chi connectivity index (χ2n) is 6.91. The molecule has 7 heteroatoms. The predicted molar refractivity (Wildman–Crippen MR) is 98.8 cm³/mol. The molecule has 0 aromatic carbocycles. The van der Waals surface area contributed by atoms with E-state index >= 15 is 0 Å². The van der Waals surface area contributed by atoms with Gasteiger partial charge in [0, 0.05) is 16.7 Å². The van der Waals surface area contributed by atoms with E-state index in [1.165, 1.54) is 7.11 Å². The third-order valence-corrected chi connectivity index (χ3v) is 5.09. The Bertz CT molecular complexity index is 780. The largest absolute Gasteiger partial charge is 0.469 e. The maximum atomic E-state index is 12.2. The number of halogens is 2. The fourth-order valence-corrected chi connectivity index (χ4v) is 4.11. The van der Waals surface area contributed by atoms with Crippen LogP contribution in [0.25, 0.3) is 5.65 Å². The fourth-order valence-electron chi connectivity index (χ4n) is 2.79. The molecule has 1 atom stereocenters. The monoisotopic (exact) mass is 415 g/mol. The lowest BCUT2D eigenvalue weighted by atomic mass is 9.92. The number of hydrogen-bond donors (Lipinski definition) is 0. The van der Waals surface area contributed by atoms with E-state index in [4.69, 9.17) is 16.3 Å². The highest BCUT2D eigenvalue weighted by Gasteiger charge is 2.30. The van der Waals surface area contributed by atoms with Crippen LogP contribution in [0.4, 0.5) is 0 Å². The Morgan fingerprint density at radius 1 is 1.42 bits per heavy atom. The van der Waals surface area contributed by atoms with Gasteiger partial charge in [0.05, 0.1) is 23.2 Å². The minimum atomic E-state index is -0.439. The Labute approximate surface area is 155 Å². The Kier molecular flexibility index (Phi) is 5.60. The molecule has 132 valence electrons. The van der Waals surface area contributed by atoms with Crippen LogP contribution in [0.2, 0.25) is 5.15 Å². The summed E-state index contributed by atoms with van der Waals surface area (Å²) < 4.78 is 7.40. The van der Waals surface area contributed by atoms with Crippen molar-refractivity contribution in [3.8, 4) is 0 Å². The van der Waals surface area contributed by atoms with Crippen LogP contribution in [0.1, 0.15) is 63.4 Å². The molecule has 24 heavy (non-hydrogen) atoms. The Morgan fingerprint density at radius 3 is 2.54 bits per heavy atom. The highest BCUT2D eigenvalue weighted by Crippen LogP contribution is 2.36. The number of nitrogens with zero attached hydrogens (tertiary/aromatic N) is 3. The van der Waals surface area contributed by atoms with Gasteiger partial charge in [0.15, 0.2) is 5.65 Å². The first-order valence-corrected chi connectivity index (χ1v) is 9.13. The van der Waals surface area contributed by atoms with Crippen molar-refractivity contribution in [3.05, 3.63) is 26.6 Å². The topological polar surface area (TPSA) is 56.5 Å². The van der Waals surface area contributed by atoms with E-state index in [1.807, 2.05) is 13.8 Å². The predicted octanol–water partition coefficient (Wildman–Crippen LogP) is 4.81. The smallest absolute Gasteiger partial charge is 0.313 e. The van der Waals surface area contributed by atoms with Crippen molar-refractivity contribution in [2.45, 2.75) is 58.8 Å². The molecule has 2 heterocycles. The average molecular weight is 417 g/mol. The molecule has 0 fully saturated rings. The van der Waals surface area contributed by atoms with Crippen molar-refractivity contribution in [1.82, 2.24) is 14.6 Å². The number of rotatable bonds is 4.